The summed E-state index contributed by atoms with van der Waals surface area (Å²) in [4.78, 5) is 11.3. The molecule has 3 rings (SSSR count). The highest BCUT2D eigenvalue weighted by molar-refractivity contribution is 7.07. The van der Waals surface area contributed by atoms with E-state index in [2.05, 4.69) is 33.6 Å². The predicted octanol–water partition coefficient (Wildman–Crippen LogP) is 4.03. The molecular formula is C16H20ClN3OS. The van der Waals surface area contributed by atoms with Crippen molar-refractivity contribution in [3.63, 3.8) is 0 Å². The maximum Gasteiger partial charge on any atom is 0.137 e. The van der Waals surface area contributed by atoms with Gasteiger partial charge in [0.05, 0.1) is 6.10 Å². The lowest BCUT2D eigenvalue weighted by Crippen LogP contribution is -2.43. The lowest BCUT2D eigenvalue weighted by Gasteiger charge is -2.38. The monoisotopic (exact) mass is 337 g/mol. The van der Waals surface area contributed by atoms with Gasteiger partial charge < -0.3 is 9.64 Å². The number of anilines is 1. The Balaban J connectivity index is 1.92. The molecule has 2 aromatic heterocycles. The molecule has 0 N–H and O–H groups in total. The molecule has 118 valence electrons. The first-order chi connectivity index (χ1) is 10.6. The van der Waals surface area contributed by atoms with Gasteiger partial charge in [-0.15, -0.1) is 0 Å². The van der Waals surface area contributed by atoms with Crippen LogP contribution in [0.1, 0.15) is 36.9 Å². The zero-order valence-electron chi connectivity index (χ0n) is 13.0. The second-order valence-electron chi connectivity index (χ2n) is 5.63. The zero-order valence-corrected chi connectivity index (χ0v) is 14.6. The Morgan fingerprint density at radius 3 is 2.91 bits per heavy atom. The number of aryl methyl sites for hydroxylation is 1. The number of halogens is 1. The summed E-state index contributed by atoms with van der Waals surface area (Å²) in [7, 11) is 0. The molecular weight excluding hydrogens is 318 g/mol. The predicted molar refractivity (Wildman–Crippen MR) is 91.0 cm³/mol. The van der Waals surface area contributed by atoms with Gasteiger partial charge in [-0.3, -0.25) is 0 Å². The van der Waals surface area contributed by atoms with Crippen LogP contribution in [0.4, 0.5) is 5.82 Å². The summed E-state index contributed by atoms with van der Waals surface area (Å²) in [6.45, 7) is 7.73. The summed E-state index contributed by atoms with van der Waals surface area (Å²) >= 11 is 7.98. The van der Waals surface area contributed by atoms with Crippen molar-refractivity contribution in [1.82, 2.24) is 9.97 Å². The fraction of sp³-hybridized carbons (Fsp3) is 0.500. The summed E-state index contributed by atoms with van der Waals surface area (Å²) in [6.07, 6.45) is 1.01. The average Bonchev–Trinajstić information content (AvgIpc) is 3.03. The smallest absolute Gasteiger partial charge is 0.137 e. The molecule has 3 heterocycles. The Hall–Kier alpha value is -1.17. The van der Waals surface area contributed by atoms with E-state index in [9.17, 15) is 0 Å². The van der Waals surface area contributed by atoms with E-state index < -0.39 is 0 Å². The van der Waals surface area contributed by atoms with Crippen molar-refractivity contribution in [2.45, 2.75) is 39.4 Å². The molecule has 0 bridgehead atoms. The Morgan fingerprint density at radius 2 is 2.23 bits per heavy atom. The summed E-state index contributed by atoms with van der Waals surface area (Å²) in [5, 5.41) is 4.79. The molecule has 0 aliphatic carbocycles. The molecule has 0 aromatic carbocycles. The van der Waals surface area contributed by atoms with Crippen LogP contribution in [0.25, 0.3) is 0 Å². The van der Waals surface area contributed by atoms with Gasteiger partial charge in [0.15, 0.2) is 0 Å². The van der Waals surface area contributed by atoms with E-state index >= 15 is 0 Å². The zero-order chi connectivity index (χ0) is 15.7. The van der Waals surface area contributed by atoms with Gasteiger partial charge in [-0.05, 0) is 36.2 Å². The van der Waals surface area contributed by atoms with E-state index in [1.54, 1.807) is 11.3 Å². The first-order valence-corrected chi connectivity index (χ1v) is 8.86. The SMILES string of the molecule is CCc1nc(Cl)c(C)c(N2CC(C)OC(c3ccsc3)C2)n1. The molecule has 0 spiro atoms. The van der Waals surface area contributed by atoms with E-state index in [4.69, 9.17) is 21.3 Å². The molecule has 2 aromatic rings. The third kappa shape index (κ3) is 3.12. The maximum absolute atomic E-state index is 6.28. The number of ether oxygens (including phenoxy) is 1. The quantitative estimate of drug-likeness (QED) is 0.793. The summed E-state index contributed by atoms with van der Waals surface area (Å²) in [5.41, 5.74) is 2.17. The van der Waals surface area contributed by atoms with Crippen molar-refractivity contribution in [2.75, 3.05) is 18.0 Å². The van der Waals surface area contributed by atoms with Crippen LogP contribution in [-0.2, 0) is 11.2 Å². The number of hydrogen-bond acceptors (Lipinski definition) is 5. The normalized spacial score (nSPS) is 22.1. The van der Waals surface area contributed by atoms with Crippen molar-refractivity contribution in [2.24, 2.45) is 0 Å². The van der Waals surface area contributed by atoms with Crippen LogP contribution in [0.15, 0.2) is 16.8 Å². The molecule has 6 heteroatoms. The van der Waals surface area contributed by atoms with Crippen molar-refractivity contribution < 1.29 is 4.74 Å². The highest BCUT2D eigenvalue weighted by Crippen LogP contribution is 2.31. The van der Waals surface area contributed by atoms with Crippen LogP contribution < -0.4 is 4.90 Å². The molecule has 0 saturated carbocycles. The number of morpholine rings is 1. The van der Waals surface area contributed by atoms with Gasteiger partial charge in [-0.25, -0.2) is 9.97 Å². The standard InChI is InChI=1S/C16H20ClN3OS/c1-4-14-18-15(17)11(3)16(19-14)20-7-10(2)21-13(8-20)12-5-6-22-9-12/h5-6,9-10,13H,4,7-8H2,1-3H3. The second-order valence-corrected chi connectivity index (χ2v) is 6.77. The van der Waals surface area contributed by atoms with Gasteiger partial charge in [-0.2, -0.15) is 11.3 Å². The van der Waals surface area contributed by atoms with Crippen molar-refractivity contribution in [3.8, 4) is 0 Å². The van der Waals surface area contributed by atoms with Crippen LogP contribution in [-0.4, -0.2) is 29.2 Å². The Labute approximate surface area is 140 Å². The second kappa shape index (κ2) is 6.52. The number of rotatable bonds is 3. The first kappa shape index (κ1) is 15.7. The number of hydrogen-bond donors (Lipinski definition) is 0. The fourth-order valence-electron chi connectivity index (χ4n) is 2.75. The molecule has 2 atom stereocenters. The minimum absolute atomic E-state index is 0.0771. The first-order valence-electron chi connectivity index (χ1n) is 7.54. The molecule has 0 radical (unpaired) electrons. The van der Waals surface area contributed by atoms with Crippen molar-refractivity contribution >= 4 is 28.8 Å². The van der Waals surface area contributed by atoms with Gasteiger partial charge in [0.2, 0.25) is 0 Å². The number of nitrogens with zero attached hydrogens (tertiary/aromatic N) is 3. The third-order valence-corrected chi connectivity index (χ3v) is 4.97. The topological polar surface area (TPSA) is 38.2 Å². The van der Waals surface area contributed by atoms with Crippen LogP contribution in [0.2, 0.25) is 5.15 Å². The lowest BCUT2D eigenvalue weighted by molar-refractivity contribution is -0.0174. The van der Waals surface area contributed by atoms with Gasteiger partial charge in [0, 0.05) is 25.1 Å². The Morgan fingerprint density at radius 1 is 1.41 bits per heavy atom. The molecule has 1 aliphatic rings. The minimum atomic E-state index is 0.0771. The molecule has 1 aliphatic heterocycles. The van der Waals surface area contributed by atoms with Gasteiger partial charge in [0.1, 0.15) is 22.9 Å². The van der Waals surface area contributed by atoms with Crippen LogP contribution in [0, 0.1) is 6.92 Å². The maximum atomic E-state index is 6.28. The molecule has 22 heavy (non-hydrogen) atoms. The van der Waals surface area contributed by atoms with Crippen LogP contribution in [0.5, 0.6) is 0 Å². The highest BCUT2D eigenvalue weighted by Gasteiger charge is 2.29. The summed E-state index contributed by atoms with van der Waals surface area (Å²) < 4.78 is 6.10. The minimum Gasteiger partial charge on any atom is -0.367 e. The number of aromatic nitrogens is 2. The average molecular weight is 338 g/mol. The van der Waals surface area contributed by atoms with Crippen LogP contribution in [0.3, 0.4) is 0 Å². The Kier molecular flexibility index (Phi) is 4.66. The van der Waals surface area contributed by atoms with E-state index in [0.717, 1.165) is 36.7 Å². The molecule has 0 amide bonds. The van der Waals surface area contributed by atoms with Gasteiger partial charge >= 0.3 is 0 Å². The molecule has 1 fully saturated rings. The largest absolute Gasteiger partial charge is 0.367 e. The van der Waals surface area contributed by atoms with Crippen LogP contribution >= 0.6 is 22.9 Å². The summed E-state index contributed by atoms with van der Waals surface area (Å²) in [6, 6.07) is 2.13. The third-order valence-electron chi connectivity index (χ3n) is 3.90. The molecule has 2 unspecified atom stereocenters. The summed E-state index contributed by atoms with van der Waals surface area (Å²) in [5.74, 6) is 1.73. The van der Waals surface area contributed by atoms with Gasteiger partial charge in [-0.1, -0.05) is 18.5 Å². The lowest BCUT2D eigenvalue weighted by atomic mass is 10.1. The van der Waals surface area contributed by atoms with E-state index in [-0.39, 0.29) is 12.2 Å². The Bertz CT molecular complexity index is 647. The van der Waals surface area contributed by atoms with Crippen molar-refractivity contribution in [3.05, 3.63) is 38.9 Å². The van der Waals surface area contributed by atoms with Crippen molar-refractivity contribution in [1.29, 1.82) is 0 Å². The van der Waals surface area contributed by atoms with E-state index in [1.807, 2.05) is 13.8 Å². The fourth-order valence-corrected chi connectivity index (χ4v) is 3.64. The van der Waals surface area contributed by atoms with Gasteiger partial charge in [0.25, 0.3) is 0 Å². The molecule has 4 nitrogen and oxygen atoms in total. The molecule has 1 saturated heterocycles. The highest BCUT2D eigenvalue weighted by atomic mass is 35.5. The van der Waals surface area contributed by atoms with E-state index in [0.29, 0.717) is 5.15 Å². The van der Waals surface area contributed by atoms with E-state index in [1.165, 1.54) is 5.56 Å². The number of thiophene rings is 1.